The average Bonchev–Trinajstić information content (AvgIpc) is 3.25. The van der Waals surface area contributed by atoms with Gasteiger partial charge >= 0.3 is 0 Å². The smallest absolute Gasteiger partial charge is 0.252 e. The molecule has 1 saturated carbocycles. The standard InChI is InChI=1S/C18H21N5O2/c1-18(4-5-18)17-20-11-12-14(15(19)24)13(21-16(12)22-17)3-2-6-23-7-9-25-10-8-23/h11H,4-10H2,1H3,(H2,19,24)(H,20,21,22). The van der Waals surface area contributed by atoms with Crippen LogP contribution in [-0.4, -0.2) is 58.6 Å². The van der Waals surface area contributed by atoms with Gasteiger partial charge in [-0.2, -0.15) is 0 Å². The van der Waals surface area contributed by atoms with E-state index in [1.165, 1.54) is 0 Å². The number of amides is 1. The molecule has 2 fully saturated rings. The zero-order valence-electron chi connectivity index (χ0n) is 14.3. The summed E-state index contributed by atoms with van der Waals surface area (Å²) in [7, 11) is 0. The summed E-state index contributed by atoms with van der Waals surface area (Å²) in [4.78, 5) is 26.3. The molecule has 0 aromatic carbocycles. The maximum Gasteiger partial charge on any atom is 0.252 e. The summed E-state index contributed by atoms with van der Waals surface area (Å²) < 4.78 is 5.33. The van der Waals surface area contributed by atoms with Crippen molar-refractivity contribution >= 4 is 16.9 Å². The van der Waals surface area contributed by atoms with Gasteiger partial charge in [0.15, 0.2) is 0 Å². The molecule has 3 N–H and O–H groups in total. The summed E-state index contributed by atoms with van der Waals surface area (Å²) in [6, 6.07) is 0. The van der Waals surface area contributed by atoms with E-state index >= 15 is 0 Å². The molecule has 7 nitrogen and oxygen atoms in total. The Morgan fingerprint density at radius 1 is 1.44 bits per heavy atom. The number of nitrogens with two attached hydrogens (primary N) is 1. The molecule has 130 valence electrons. The summed E-state index contributed by atoms with van der Waals surface area (Å²) in [5, 5.41) is 0.635. The predicted octanol–water partition coefficient (Wildman–Crippen LogP) is 0.792. The molecule has 1 aliphatic carbocycles. The summed E-state index contributed by atoms with van der Waals surface area (Å²) in [5.74, 6) is 6.46. The number of fused-ring (bicyclic) bond motifs is 1. The van der Waals surface area contributed by atoms with E-state index < -0.39 is 5.91 Å². The van der Waals surface area contributed by atoms with Gasteiger partial charge in [-0.3, -0.25) is 9.69 Å². The van der Waals surface area contributed by atoms with Crippen LogP contribution in [0.25, 0.3) is 11.0 Å². The topological polar surface area (TPSA) is 97.1 Å². The summed E-state index contributed by atoms with van der Waals surface area (Å²) in [5.41, 5.74) is 7.15. The molecule has 1 aliphatic heterocycles. The van der Waals surface area contributed by atoms with Crippen molar-refractivity contribution in [3.05, 3.63) is 23.3 Å². The molecule has 2 aliphatic rings. The fraction of sp³-hybridized carbons (Fsp3) is 0.500. The molecule has 2 aromatic heterocycles. The second-order valence-corrected chi connectivity index (χ2v) is 6.95. The minimum absolute atomic E-state index is 0.0639. The van der Waals surface area contributed by atoms with E-state index in [0.29, 0.717) is 28.8 Å². The molecule has 0 radical (unpaired) electrons. The minimum Gasteiger partial charge on any atom is -0.379 e. The number of ether oxygens (including phenoxy) is 1. The Morgan fingerprint density at radius 3 is 2.88 bits per heavy atom. The van der Waals surface area contributed by atoms with Crippen LogP contribution in [0, 0.1) is 11.8 Å². The lowest BCUT2D eigenvalue weighted by atomic mass is 10.1. The van der Waals surface area contributed by atoms with Crippen LogP contribution in [0.2, 0.25) is 0 Å². The van der Waals surface area contributed by atoms with Crippen LogP contribution in [0.1, 0.15) is 41.6 Å². The number of carbonyl (C=O) groups is 1. The minimum atomic E-state index is -0.518. The molecular weight excluding hydrogens is 318 g/mol. The fourth-order valence-corrected chi connectivity index (χ4v) is 3.03. The number of primary amides is 1. The zero-order valence-corrected chi connectivity index (χ0v) is 14.3. The zero-order chi connectivity index (χ0) is 17.4. The lowest BCUT2D eigenvalue weighted by Gasteiger charge is -2.24. The Kier molecular flexibility index (Phi) is 3.94. The Bertz CT molecular complexity index is 882. The highest BCUT2D eigenvalue weighted by atomic mass is 16.5. The summed E-state index contributed by atoms with van der Waals surface area (Å²) in [6.07, 6.45) is 3.87. The fourth-order valence-electron chi connectivity index (χ4n) is 3.03. The van der Waals surface area contributed by atoms with Crippen LogP contribution in [0.5, 0.6) is 0 Å². The molecule has 2 aromatic rings. The monoisotopic (exact) mass is 339 g/mol. The van der Waals surface area contributed by atoms with Gasteiger partial charge in [0.1, 0.15) is 17.2 Å². The third kappa shape index (κ3) is 3.11. The normalized spacial score (nSPS) is 19.4. The highest BCUT2D eigenvalue weighted by molar-refractivity contribution is 6.07. The predicted molar refractivity (Wildman–Crippen MR) is 93.1 cm³/mol. The van der Waals surface area contributed by atoms with Crippen LogP contribution in [0.15, 0.2) is 6.20 Å². The molecule has 7 heteroatoms. The van der Waals surface area contributed by atoms with E-state index in [-0.39, 0.29) is 5.41 Å². The van der Waals surface area contributed by atoms with Crippen molar-refractivity contribution in [2.24, 2.45) is 5.73 Å². The largest absolute Gasteiger partial charge is 0.379 e. The van der Waals surface area contributed by atoms with Crippen LogP contribution in [0.3, 0.4) is 0 Å². The van der Waals surface area contributed by atoms with Crippen molar-refractivity contribution in [3.63, 3.8) is 0 Å². The highest BCUT2D eigenvalue weighted by Gasteiger charge is 2.42. The number of hydrogen-bond acceptors (Lipinski definition) is 5. The molecule has 1 amide bonds. The third-order valence-corrected chi connectivity index (χ3v) is 4.96. The maximum atomic E-state index is 11.9. The summed E-state index contributed by atoms with van der Waals surface area (Å²) >= 11 is 0. The van der Waals surface area contributed by atoms with Crippen molar-refractivity contribution in [1.29, 1.82) is 0 Å². The molecule has 0 bridgehead atoms. The SMILES string of the molecule is CC1(c2ncc3c(C(N)=O)c(C#CCN4CCOCC4)[nH]c3n2)CC1. The van der Waals surface area contributed by atoms with Gasteiger partial charge < -0.3 is 15.5 Å². The number of morpholine rings is 1. The van der Waals surface area contributed by atoms with E-state index in [4.69, 9.17) is 10.5 Å². The molecule has 0 spiro atoms. The van der Waals surface area contributed by atoms with E-state index in [1.54, 1.807) is 6.20 Å². The lowest BCUT2D eigenvalue weighted by Crippen LogP contribution is -2.36. The van der Waals surface area contributed by atoms with E-state index in [2.05, 4.69) is 38.6 Å². The van der Waals surface area contributed by atoms with Gasteiger partial charge in [-0.1, -0.05) is 12.8 Å². The van der Waals surface area contributed by atoms with Crippen LogP contribution in [0.4, 0.5) is 0 Å². The Morgan fingerprint density at radius 2 is 2.20 bits per heavy atom. The quantitative estimate of drug-likeness (QED) is 0.806. The van der Waals surface area contributed by atoms with E-state index in [9.17, 15) is 4.79 Å². The second kappa shape index (κ2) is 6.14. The number of aromatic nitrogens is 3. The van der Waals surface area contributed by atoms with Crippen molar-refractivity contribution in [3.8, 4) is 11.8 Å². The van der Waals surface area contributed by atoms with Gasteiger partial charge in [-0.25, -0.2) is 9.97 Å². The number of rotatable bonds is 3. The number of aromatic amines is 1. The average molecular weight is 339 g/mol. The first-order valence-corrected chi connectivity index (χ1v) is 8.55. The number of nitrogens with zero attached hydrogens (tertiary/aromatic N) is 3. The van der Waals surface area contributed by atoms with Crippen molar-refractivity contribution in [2.75, 3.05) is 32.8 Å². The first-order chi connectivity index (χ1) is 12.1. The second-order valence-electron chi connectivity index (χ2n) is 6.95. The van der Waals surface area contributed by atoms with Gasteiger partial charge in [-0.05, 0) is 18.8 Å². The van der Waals surface area contributed by atoms with Gasteiger partial charge in [0.25, 0.3) is 5.91 Å². The molecule has 0 atom stereocenters. The van der Waals surface area contributed by atoms with E-state index in [0.717, 1.165) is 45.0 Å². The first-order valence-electron chi connectivity index (χ1n) is 8.55. The Hall–Kier alpha value is -2.43. The van der Waals surface area contributed by atoms with E-state index in [1.807, 2.05) is 0 Å². The molecular formula is C18H21N5O2. The Balaban J connectivity index is 1.65. The lowest BCUT2D eigenvalue weighted by molar-refractivity contribution is 0.0443. The number of hydrogen-bond donors (Lipinski definition) is 2. The van der Waals surface area contributed by atoms with Crippen LogP contribution < -0.4 is 5.73 Å². The number of nitrogens with one attached hydrogen (secondary N) is 1. The van der Waals surface area contributed by atoms with Crippen LogP contribution in [-0.2, 0) is 10.2 Å². The van der Waals surface area contributed by atoms with Gasteiger partial charge in [0, 0.05) is 24.7 Å². The van der Waals surface area contributed by atoms with Crippen molar-refractivity contribution < 1.29 is 9.53 Å². The van der Waals surface area contributed by atoms with Crippen molar-refractivity contribution in [2.45, 2.75) is 25.2 Å². The van der Waals surface area contributed by atoms with Gasteiger partial charge in [0.2, 0.25) is 0 Å². The molecule has 3 heterocycles. The summed E-state index contributed by atoms with van der Waals surface area (Å²) in [6.45, 7) is 5.99. The first kappa shape index (κ1) is 16.1. The Labute approximate surface area is 146 Å². The van der Waals surface area contributed by atoms with Gasteiger partial charge in [0.05, 0.1) is 30.7 Å². The molecule has 25 heavy (non-hydrogen) atoms. The van der Waals surface area contributed by atoms with Crippen molar-refractivity contribution in [1.82, 2.24) is 19.9 Å². The maximum absolute atomic E-state index is 11.9. The van der Waals surface area contributed by atoms with Gasteiger partial charge in [-0.15, -0.1) is 0 Å². The van der Waals surface area contributed by atoms with Crippen LogP contribution >= 0.6 is 0 Å². The number of H-pyrrole nitrogens is 1. The third-order valence-electron chi connectivity index (χ3n) is 4.96. The molecule has 4 rings (SSSR count). The highest BCUT2D eigenvalue weighted by Crippen LogP contribution is 2.46. The number of carbonyl (C=O) groups excluding carboxylic acids is 1. The molecule has 1 saturated heterocycles. The molecule has 0 unspecified atom stereocenters.